The van der Waals surface area contributed by atoms with Gasteiger partial charge in [-0.1, -0.05) is 25.7 Å². The first-order chi connectivity index (χ1) is 10.6. The fourth-order valence-electron chi connectivity index (χ4n) is 6.05. The molecule has 4 heteroatoms. The Morgan fingerprint density at radius 3 is 2.77 bits per heavy atom. The summed E-state index contributed by atoms with van der Waals surface area (Å²) in [5, 5.41) is 11.4. The van der Waals surface area contributed by atoms with E-state index in [1.807, 2.05) is 0 Å². The molecule has 3 fully saturated rings. The Bertz CT molecular complexity index is 465. The van der Waals surface area contributed by atoms with Crippen molar-refractivity contribution >= 4 is 5.84 Å². The first-order valence-electron chi connectivity index (χ1n) is 9.36. The molecule has 1 saturated heterocycles. The lowest BCUT2D eigenvalue weighted by Crippen LogP contribution is -2.50. The molecule has 2 aliphatic carbocycles. The van der Waals surface area contributed by atoms with E-state index in [2.05, 4.69) is 16.9 Å². The minimum atomic E-state index is -0.817. The van der Waals surface area contributed by atoms with Gasteiger partial charge in [0.1, 0.15) is 11.4 Å². The average Bonchev–Trinajstić information content (AvgIpc) is 2.96. The molecule has 0 radical (unpaired) electrons. The van der Waals surface area contributed by atoms with Gasteiger partial charge in [-0.15, -0.1) is 0 Å². The van der Waals surface area contributed by atoms with Gasteiger partial charge in [0.25, 0.3) is 0 Å². The standard InChI is InChI=1S/C18H31N3O/c1-21-11-12(13-6-2-5-9-16(13)21)10-18(22)14-7-3-4-8-15(14)20-17(18)19/h12-16,22H,2-11H2,1H3,(H2,19,20). The highest BCUT2D eigenvalue weighted by Gasteiger charge is 2.53. The molecule has 6 unspecified atom stereocenters. The Hall–Kier alpha value is -0.610. The van der Waals surface area contributed by atoms with Crippen LogP contribution in [0.15, 0.2) is 4.99 Å². The molecule has 22 heavy (non-hydrogen) atoms. The summed E-state index contributed by atoms with van der Waals surface area (Å²) >= 11 is 0. The van der Waals surface area contributed by atoms with E-state index in [0.29, 0.717) is 17.8 Å². The Balaban J connectivity index is 1.53. The average molecular weight is 305 g/mol. The summed E-state index contributed by atoms with van der Waals surface area (Å²) in [7, 11) is 2.27. The number of rotatable bonds is 2. The lowest BCUT2D eigenvalue weighted by atomic mass is 9.69. The van der Waals surface area contributed by atoms with Crippen LogP contribution in [0.3, 0.4) is 0 Å². The summed E-state index contributed by atoms with van der Waals surface area (Å²) in [4.78, 5) is 7.20. The molecular formula is C18H31N3O. The number of nitrogens with two attached hydrogens (primary N) is 1. The number of amidine groups is 1. The second-order valence-electron chi connectivity index (χ2n) is 8.32. The fourth-order valence-corrected chi connectivity index (χ4v) is 6.05. The van der Waals surface area contributed by atoms with E-state index >= 15 is 0 Å². The molecule has 0 aromatic carbocycles. The maximum atomic E-state index is 11.4. The molecule has 2 saturated carbocycles. The van der Waals surface area contributed by atoms with Crippen molar-refractivity contribution in [3.05, 3.63) is 0 Å². The van der Waals surface area contributed by atoms with Gasteiger partial charge in [-0.05, 0) is 51.0 Å². The van der Waals surface area contributed by atoms with Crippen LogP contribution in [0.4, 0.5) is 0 Å². The maximum Gasteiger partial charge on any atom is 0.127 e. The molecular weight excluding hydrogens is 274 g/mol. The zero-order valence-corrected chi connectivity index (χ0v) is 13.9. The topological polar surface area (TPSA) is 61.8 Å². The van der Waals surface area contributed by atoms with Crippen molar-refractivity contribution in [2.75, 3.05) is 13.6 Å². The third-order valence-corrected chi connectivity index (χ3v) is 7.14. The largest absolute Gasteiger partial charge is 0.385 e. The van der Waals surface area contributed by atoms with Crippen LogP contribution < -0.4 is 5.73 Å². The predicted molar refractivity (Wildman–Crippen MR) is 88.8 cm³/mol. The van der Waals surface area contributed by atoms with Gasteiger partial charge in [0.15, 0.2) is 0 Å². The lowest BCUT2D eigenvalue weighted by Gasteiger charge is -2.38. The van der Waals surface area contributed by atoms with Gasteiger partial charge < -0.3 is 15.7 Å². The van der Waals surface area contributed by atoms with Crippen molar-refractivity contribution in [1.29, 1.82) is 0 Å². The number of nitrogens with zero attached hydrogens (tertiary/aromatic N) is 2. The Morgan fingerprint density at radius 2 is 1.91 bits per heavy atom. The van der Waals surface area contributed by atoms with E-state index in [4.69, 9.17) is 5.73 Å². The zero-order valence-electron chi connectivity index (χ0n) is 13.9. The number of aliphatic imine (C=N–C) groups is 1. The highest BCUT2D eigenvalue weighted by molar-refractivity contribution is 5.91. The normalized spacial score (nSPS) is 48.8. The van der Waals surface area contributed by atoms with Gasteiger partial charge in [-0.25, -0.2) is 0 Å². The molecule has 4 rings (SSSR count). The summed E-state index contributed by atoms with van der Waals surface area (Å²) in [6.07, 6.45) is 10.9. The predicted octanol–water partition coefficient (Wildman–Crippen LogP) is 2.16. The number of aliphatic hydroxyl groups is 1. The minimum absolute atomic E-state index is 0.286. The second-order valence-corrected chi connectivity index (χ2v) is 8.32. The van der Waals surface area contributed by atoms with E-state index < -0.39 is 5.60 Å². The SMILES string of the molecule is CN1CC(CC2(O)C(N)=NC3CCCCC32)C2CCCCC21. The summed E-state index contributed by atoms with van der Waals surface area (Å²) in [5.74, 6) is 2.19. The maximum absolute atomic E-state index is 11.4. The van der Waals surface area contributed by atoms with Gasteiger partial charge in [0.05, 0.1) is 6.04 Å². The third-order valence-electron chi connectivity index (χ3n) is 7.14. The van der Waals surface area contributed by atoms with Crippen molar-refractivity contribution in [1.82, 2.24) is 4.90 Å². The molecule has 3 N–H and O–H groups in total. The van der Waals surface area contributed by atoms with Crippen LogP contribution in [0.2, 0.25) is 0 Å². The molecule has 6 atom stereocenters. The number of fused-ring (bicyclic) bond motifs is 2. The Morgan fingerprint density at radius 1 is 1.18 bits per heavy atom. The Labute approximate surface area is 134 Å². The molecule has 2 heterocycles. The van der Waals surface area contributed by atoms with Crippen molar-refractivity contribution in [3.8, 4) is 0 Å². The van der Waals surface area contributed by atoms with Crippen LogP contribution >= 0.6 is 0 Å². The van der Waals surface area contributed by atoms with Crippen molar-refractivity contribution in [3.63, 3.8) is 0 Å². The van der Waals surface area contributed by atoms with Gasteiger partial charge in [-0.3, -0.25) is 4.99 Å². The summed E-state index contributed by atoms with van der Waals surface area (Å²) in [5.41, 5.74) is 5.42. The van der Waals surface area contributed by atoms with Crippen molar-refractivity contribution < 1.29 is 5.11 Å². The molecule has 0 aromatic rings. The van der Waals surface area contributed by atoms with Crippen LogP contribution in [-0.4, -0.2) is 47.1 Å². The Kier molecular flexibility index (Phi) is 3.73. The quantitative estimate of drug-likeness (QED) is 0.822. The lowest BCUT2D eigenvalue weighted by molar-refractivity contribution is 0.00754. The molecule has 0 bridgehead atoms. The first-order valence-corrected chi connectivity index (χ1v) is 9.36. The van der Waals surface area contributed by atoms with E-state index in [1.165, 1.54) is 38.5 Å². The van der Waals surface area contributed by atoms with E-state index in [0.717, 1.165) is 37.8 Å². The van der Waals surface area contributed by atoms with Gasteiger partial charge in [-0.2, -0.15) is 0 Å². The highest BCUT2D eigenvalue weighted by atomic mass is 16.3. The third kappa shape index (κ3) is 2.22. The molecule has 0 spiro atoms. The van der Waals surface area contributed by atoms with Gasteiger partial charge >= 0.3 is 0 Å². The molecule has 0 aromatic heterocycles. The first kappa shape index (κ1) is 14.9. The molecule has 4 nitrogen and oxygen atoms in total. The molecule has 2 aliphatic heterocycles. The smallest absolute Gasteiger partial charge is 0.127 e. The van der Waals surface area contributed by atoms with E-state index in [1.54, 1.807) is 0 Å². The number of hydrogen-bond donors (Lipinski definition) is 2. The van der Waals surface area contributed by atoms with Gasteiger partial charge in [0, 0.05) is 18.5 Å². The fraction of sp³-hybridized carbons (Fsp3) is 0.944. The van der Waals surface area contributed by atoms with Crippen LogP contribution in [-0.2, 0) is 0 Å². The second kappa shape index (κ2) is 5.48. The highest BCUT2D eigenvalue weighted by Crippen LogP contribution is 2.47. The van der Waals surface area contributed by atoms with E-state index in [-0.39, 0.29) is 5.92 Å². The molecule has 4 aliphatic rings. The van der Waals surface area contributed by atoms with E-state index in [9.17, 15) is 5.11 Å². The number of likely N-dealkylation sites (tertiary alicyclic amines) is 1. The monoisotopic (exact) mass is 305 g/mol. The van der Waals surface area contributed by atoms with Crippen LogP contribution in [0.25, 0.3) is 0 Å². The molecule has 0 amide bonds. The van der Waals surface area contributed by atoms with Crippen LogP contribution in [0.1, 0.15) is 57.8 Å². The molecule has 124 valence electrons. The number of hydrogen-bond acceptors (Lipinski definition) is 4. The zero-order chi connectivity index (χ0) is 15.3. The van der Waals surface area contributed by atoms with Crippen LogP contribution in [0, 0.1) is 17.8 Å². The van der Waals surface area contributed by atoms with Gasteiger partial charge in [0.2, 0.25) is 0 Å². The summed E-state index contributed by atoms with van der Waals surface area (Å²) in [6.45, 7) is 1.13. The summed E-state index contributed by atoms with van der Waals surface area (Å²) < 4.78 is 0. The minimum Gasteiger partial charge on any atom is -0.385 e. The summed E-state index contributed by atoms with van der Waals surface area (Å²) in [6, 6.07) is 1.03. The van der Waals surface area contributed by atoms with Crippen LogP contribution in [0.5, 0.6) is 0 Å². The van der Waals surface area contributed by atoms with Crippen molar-refractivity contribution in [2.24, 2.45) is 28.5 Å². The van der Waals surface area contributed by atoms with Crippen molar-refractivity contribution in [2.45, 2.75) is 75.5 Å².